The summed E-state index contributed by atoms with van der Waals surface area (Å²) in [5, 5.41) is 0.0907. The van der Waals surface area contributed by atoms with Crippen molar-refractivity contribution in [3.63, 3.8) is 0 Å². The van der Waals surface area contributed by atoms with E-state index in [1.165, 1.54) is 6.07 Å². The molecule has 30 heavy (non-hydrogen) atoms. The van der Waals surface area contributed by atoms with Crippen LogP contribution in [-0.4, -0.2) is 51.5 Å². The Hall–Kier alpha value is -2.93. The van der Waals surface area contributed by atoms with E-state index in [0.717, 1.165) is 30.3 Å². The number of amides is 1. The molecule has 1 amide bonds. The Kier molecular flexibility index (Phi) is 5.99. The monoisotopic (exact) mass is 427 g/mol. The number of rotatable bonds is 5. The molecule has 0 radical (unpaired) electrons. The number of aromatic nitrogens is 3. The molecule has 1 saturated heterocycles. The van der Waals surface area contributed by atoms with E-state index in [0.29, 0.717) is 31.8 Å². The van der Waals surface area contributed by atoms with Gasteiger partial charge in [0.05, 0.1) is 5.02 Å². The summed E-state index contributed by atoms with van der Waals surface area (Å²) >= 11 is 5.82. The van der Waals surface area contributed by atoms with Crippen molar-refractivity contribution < 1.29 is 9.18 Å². The lowest BCUT2D eigenvalue weighted by atomic mass is 10.1. The van der Waals surface area contributed by atoms with Crippen LogP contribution in [0.25, 0.3) is 5.82 Å². The van der Waals surface area contributed by atoms with E-state index in [1.54, 1.807) is 12.1 Å². The molecule has 0 atom stereocenters. The van der Waals surface area contributed by atoms with E-state index in [-0.39, 0.29) is 10.9 Å². The number of halogens is 2. The number of aryl methyl sites for hydroxylation is 2. The van der Waals surface area contributed by atoms with Crippen molar-refractivity contribution in [1.29, 1.82) is 0 Å². The molecule has 0 spiro atoms. The minimum atomic E-state index is -0.442. The van der Waals surface area contributed by atoms with Crippen molar-refractivity contribution in [2.24, 2.45) is 0 Å². The van der Waals surface area contributed by atoms with Crippen LogP contribution in [0, 0.1) is 12.7 Å². The lowest BCUT2D eigenvalue weighted by Gasteiger charge is -2.35. The summed E-state index contributed by atoms with van der Waals surface area (Å²) < 4.78 is 15.2. The van der Waals surface area contributed by atoms with Gasteiger partial charge in [-0.25, -0.2) is 14.4 Å². The van der Waals surface area contributed by atoms with Gasteiger partial charge in [-0.2, -0.15) is 0 Å². The van der Waals surface area contributed by atoms with Crippen molar-refractivity contribution in [1.82, 2.24) is 19.4 Å². The summed E-state index contributed by atoms with van der Waals surface area (Å²) in [6.45, 7) is 4.61. The summed E-state index contributed by atoms with van der Waals surface area (Å²) in [7, 11) is 0. The van der Waals surface area contributed by atoms with Crippen molar-refractivity contribution in [3.8, 4) is 5.82 Å². The van der Waals surface area contributed by atoms with E-state index in [1.807, 2.05) is 47.0 Å². The van der Waals surface area contributed by atoms with Gasteiger partial charge in [0.2, 0.25) is 5.91 Å². The maximum atomic E-state index is 13.3. The standard InChI is InChI=1S/C22H23ClFN5O/c1-16-25-20(27-8-2-3-9-27)15-21(26-16)28-10-12-29(13-11-28)22(30)7-5-17-4-6-19(24)18(23)14-17/h2-4,6,8-9,14-15H,5,7,10-13H2,1H3. The van der Waals surface area contributed by atoms with Crippen LogP contribution >= 0.6 is 11.6 Å². The zero-order valence-electron chi connectivity index (χ0n) is 16.8. The molecule has 0 bridgehead atoms. The molecule has 3 aromatic rings. The van der Waals surface area contributed by atoms with Crippen LogP contribution in [0.2, 0.25) is 5.02 Å². The van der Waals surface area contributed by atoms with Crippen LogP contribution < -0.4 is 4.90 Å². The van der Waals surface area contributed by atoms with Gasteiger partial charge >= 0.3 is 0 Å². The highest BCUT2D eigenvalue weighted by Crippen LogP contribution is 2.19. The number of carbonyl (C=O) groups is 1. The number of anilines is 1. The van der Waals surface area contributed by atoms with E-state index in [2.05, 4.69) is 14.9 Å². The minimum absolute atomic E-state index is 0.0907. The second-order valence-electron chi connectivity index (χ2n) is 7.34. The first-order chi connectivity index (χ1) is 14.5. The molecule has 156 valence electrons. The quantitative estimate of drug-likeness (QED) is 0.623. The fourth-order valence-electron chi connectivity index (χ4n) is 3.61. The zero-order valence-corrected chi connectivity index (χ0v) is 17.5. The number of hydrogen-bond acceptors (Lipinski definition) is 4. The highest BCUT2D eigenvalue weighted by molar-refractivity contribution is 6.30. The summed E-state index contributed by atoms with van der Waals surface area (Å²) in [6.07, 6.45) is 4.84. The normalized spacial score (nSPS) is 14.2. The van der Waals surface area contributed by atoms with Crippen LogP contribution in [0.15, 0.2) is 48.8 Å². The summed E-state index contributed by atoms with van der Waals surface area (Å²) in [5.74, 6) is 2.08. The van der Waals surface area contributed by atoms with Gasteiger partial charge in [0, 0.05) is 51.1 Å². The van der Waals surface area contributed by atoms with Gasteiger partial charge in [0.1, 0.15) is 23.3 Å². The van der Waals surface area contributed by atoms with Crippen molar-refractivity contribution >= 4 is 23.3 Å². The average Bonchev–Trinajstić information content (AvgIpc) is 3.29. The average molecular weight is 428 g/mol. The maximum absolute atomic E-state index is 13.3. The Bertz CT molecular complexity index is 1030. The van der Waals surface area contributed by atoms with Crippen molar-refractivity contribution in [2.45, 2.75) is 19.8 Å². The summed E-state index contributed by atoms with van der Waals surface area (Å²) in [6, 6.07) is 10.5. The first kappa shape index (κ1) is 20.3. The molecule has 6 nitrogen and oxygen atoms in total. The Balaban J connectivity index is 1.34. The molecule has 2 aromatic heterocycles. The molecule has 1 aliphatic rings. The second kappa shape index (κ2) is 8.83. The lowest BCUT2D eigenvalue weighted by molar-refractivity contribution is -0.131. The van der Waals surface area contributed by atoms with E-state index < -0.39 is 5.82 Å². The summed E-state index contributed by atoms with van der Waals surface area (Å²) in [4.78, 5) is 25.8. The molecule has 3 heterocycles. The molecule has 0 unspecified atom stereocenters. The van der Waals surface area contributed by atoms with Crippen LogP contribution in [-0.2, 0) is 11.2 Å². The highest BCUT2D eigenvalue weighted by atomic mass is 35.5. The predicted octanol–water partition coefficient (Wildman–Crippen LogP) is 3.65. The molecule has 1 aliphatic heterocycles. The van der Waals surface area contributed by atoms with Crippen LogP contribution in [0.1, 0.15) is 17.8 Å². The highest BCUT2D eigenvalue weighted by Gasteiger charge is 2.22. The molecule has 8 heteroatoms. The third kappa shape index (κ3) is 4.62. The van der Waals surface area contributed by atoms with Crippen LogP contribution in [0.5, 0.6) is 0 Å². The Morgan fingerprint density at radius 1 is 1.07 bits per heavy atom. The smallest absolute Gasteiger partial charge is 0.223 e. The van der Waals surface area contributed by atoms with Gasteiger partial charge in [0.25, 0.3) is 0 Å². The fourth-order valence-corrected chi connectivity index (χ4v) is 3.81. The SMILES string of the molecule is Cc1nc(N2CCN(C(=O)CCc3ccc(F)c(Cl)c3)CC2)cc(-n2cccc2)n1. The zero-order chi connectivity index (χ0) is 21.1. The Morgan fingerprint density at radius 2 is 1.77 bits per heavy atom. The van der Waals surface area contributed by atoms with Gasteiger partial charge < -0.3 is 14.4 Å². The third-order valence-electron chi connectivity index (χ3n) is 5.25. The molecule has 1 aromatic carbocycles. The molecule has 4 rings (SSSR count). The maximum Gasteiger partial charge on any atom is 0.223 e. The van der Waals surface area contributed by atoms with Gasteiger partial charge in [-0.3, -0.25) is 4.79 Å². The second-order valence-corrected chi connectivity index (χ2v) is 7.75. The lowest BCUT2D eigenvalue weighted by Crippen LogP contribution is -2.49. The molecule has 0 N–H and O–H groups in total. The predicted molar refractivity (Wildman–Crippen MR) is 115 cm³/mol. The van der Waals surface area contributed by atoms with Crippen molar-refractivity contribution in [3.05, 3.63) is 71.0 Å². The number of carbonyl (C=O) groups excluding carboxylic acids is 1. The van der Waals surface area contributed by atoms with Gasteiger partial charge in [-0.1, -0.05) is 17.7 Å². The van der Waals surface area contributed by atoms with Gasteiger partial charge in [-0.05, 0) is 43.2 Å². The molecular weight excluding hydrogens is 405 g/mol. The Labute approximate surface area is 179 Å². The van der Waals surface area contributed by atoms with Crippen LogP contribution in [0.4, 0.5) is 10.2 Å². The Morgan fingerprint density at radius 3 is 2.47 bits per heavy atom. The largest absolute Gasteiger partial charge is 0.353 e. The number of piperazine rings is 1. The van der Waals surface area contributed by atoms with Crippen molar-refractivity contribution in [2.75, 3.05) is 31.1 Å². The van der Waals surface area contributed by atoms with E-state index >= 15 is 0 Å². The van der Waals surface area contributed by atoms with E-state index in [4.69, 9.17) is 11.6 Å². The molecule has 0 aliphatic carbocycles. The van der Waals surface area contributed by atoms with Crippen LogP contribution in [0.3, 0.4) is 0 Å². The molecular formula is C22H23ClFN5O. The molecule has 1 fully saturated rings. The first-order valence-corrected chi connectivity index (χ1v) is 10.3. The van der Waals surface area contributed by atoms with Gasteiger partial charge in [0.15, 0.2) is 0 Å². The first-order valence-electron chi connectivity index (χ1n) is 9.95. The number of benzene rings is 1. The van der Waals surface area contributed by atoms with Gasteiger partial charge in [-0.15, -0.1) is 0 Å². The topological polar surface area (TPSA) is 54.3 Å². The third-order valence-corrected chi connectivity index (χ3v) is 5.54. The minimum Gasteiger partial charge on any atom is -0.353 e. The fraction of sp³-hybridized carbons (Fsp3) is 0.318. The van der Waals surface area contributed by atoms with E-state index in [9.17, 15) is 9.18 Å². The summed E-state index contributed by atoms with van der Waals surface area (Å²) in [5.41, 5.74) is 0.863. The number of nitrogens with zero attached hydrogens (tertiary/aromatic N) is 5. The molecule has 0 saturated carbocycles. The number of hydrogen-bond donors (Lipinski definition) is 0.